The Bertz CT molecular complexity index is 532. The van der Waals surface area contributed by atoms with Gasteiger partial charge in [0.15, 0.2) is 5.82 Å². The van der Waals surface area contributed by atoms with Crippen LogP contribution < -0.4 is 4.74 Å². The Kier molecular flexibility index (Phi) is 3.82. The summed E-state index contributed by atoms with van der Waals surface area (Å²) >= 11 is 11.6. The predicted octanol–water partition coefficient (Wildman–Crippen LogP) is 3.54. The summed E-state index contributed by atoms with van der Waals surface area (Å²) in [6.07, 6.45) is 1.67. The third-order valence-corrected chi connectivity index (χ3v) is 2.76. The van der Waals surface area contributed by atoms with Crippen LogP contribution in [0.1, 0.15) is 5.69 Å². The van der Waals surface area contributed by atoms with Gasteiger partial charge in [-0.2, -0.15) is 0 Å². The number of aromatic nitrogens is 2. The molecule has 0 N–H and O–H groups in total. The molecule has 0 atom stereocenters. The highest BCUT2D eigenvalue weighted by molar-refractivity contribution is 6.30. The minimum atomic E-state index is 0.353. The lowest BCUT2D eigenvalue weighted by molar-refractivity contribution is 0.416. The van der Waals surface area contributed by atoms with Gasteiger partial charge in [-0.1, -0.05) is 11.6 Å². The average molecular weight is 269 g/mol. The van der Waals surface area contributed by atoms with E-state index in [2.05, 4.69) is 9.97 Å². The van der Waals surface area contributed by atoms with Gasteiger partial charge in [-0.25, -0.2) is 9.97 Å². The van der Waals surface area contributed by atoms with Gasteiger partial charge in [-0.15, -0.1) is 11.6 Å². The van der Waals surface area contributed by atoms with Crippen molar-refractivity contribution in [3.05, 3.63) is 41.2 Å². The zero-order valence-corrected chi connectivity index (χ0v) is 10.7. The monoisotopic (exact) mass is 268 g/mol. The molecule has 17 heavy (non-hydrogen) atoms. The van der Waals surface area contributed by atoms with Gasteiger partial charge in [0.1, 0.15) is 5.75 Å². The van der Waals surface area contributed by atoms with E-state index in [1.165, 1.54) is 0 Å². The van der Waals surface area contributed by atoms with Gasteiger partial charge in [0.05, 0.1) is 24.2 Å². The van der Waals surface area contributed by atoms with Crippen LogP contribution in [0.5, 0.6) is 5.75 Å². The van der Waals surface area contributed by atoms with Crippen molar-refractivity contribution >= 4 is 23.2 Å². The molecule has 0 saturated carbocycles. The number of halogens is 2. The van der Waals surface area contributed by atoms with Crippen molar-refractivity contribution in [3.63, 3.8) is 0 Å². The van der Waals surface area contributed by atoms with Crippen molar-refractivity contribution in [2.45, 2.75) is 5.88 Å². The molecule has 1 heterocycles. The molecular weight excluding hydrogens is 259 g/mol. The first kappa shape index (κ1) is 12.1. The van der Waals surface area contributed by atoms with Crippen LogP contribution in [0.25, 0.3) is 11.4 Å². The molecule has 0 radical (unpaired) electrons. The maximum absolute atomic E-state index is 5.90. The van der Waals surface area contributed by atoms with E-state index in [0.29, 0.717) is 22.5 Å². The second-order valence-corrected chi connectivity index (χ2v) is 4.05. The molecule has 0 amide bonds. The molecule has 0 aliphatic carbocycles. The van der Waals surface area contributed by atoms with Gasteiger partial charge in [0.25, 0.3) is 0 Å². The fourth-order valence-corrected chi connectivity index (χ4v) is 1.76. The summed E-state index contributed by atoms with van der Waals surface area (Å²) in [5.41, 5.74) is 1.57. The van der Waals surface area contributed by atoms with E-state index < -0.39 is 0 Å². The van der Waals surface area contributed by atoms with Crippen molar-refractivity contribution in [1.29, 1.82) is 0 Å². The van der Waals surface area contributed by atoms with Crippen molar-refractivity contribution in [1.82, 2.24) is 9.97 Å². The molecule has 2 rings (SSSR count). The number of alkyl halides is 1. The van der Waals surface area contributed by atoms with Crippen molar-refractivity contribution < 1.29 is 4.74 Å². The molecule has 88 valence electrons. The Morgan fingerprint density at radius 2 is 2.12 bits per heavy atom. The summed E-state index contributed by atoms with van der Waals surface area (Å²) in [4.78, 5) is 8.54. The standard InChI is InChI=1S/C12H10Cl2N2O/c1-17-11-6-8(14)2-3-10(11)12-15-5-4-9(7-13)16-12/h2-6H,7H2,1H3. The summed E-state index contributed by atoms with van der Waals surface area (Å²) in [7, 11) is 1.58. The SMILES string of the molecule is COc1cc(Cl)ccc1-c1nccc(CCl)n1. The number of hydrogen-bond acceptors (Lipinski definition) is 3. The molecule has 5 heteroatoms. The maximum atomic E-state index is 5.90. The lowest BCUT2D eigenvalue weighted by atomic mass is 10.2. The summed E-state index contributed by atoms with van der Waals surface area (Å²) in [6, 6.07) is 7.11. The van der Waals surface area contributed by atoms with E-state index in [1.807, 2.05) is 6.07 Å². The molecule has 0 bridgehead atoms. The van der Waals surface area contributed by atoms with Gasteiger partial charge in [-0.05, 0) is 24.3 Å². The highest BCUT2D eigenvalue weighted by Crippen LogP contribution is 2.30. The van der Waals surface area contributed by atoms with E-state index in [0.717, 1.165) is 11.3 Å². The number of methoxy groups -OCH3 is 1. The van der Waals surface area contributed by atoms with E-state index in [9.17, 15) is 0 Å². The minimum absolute atomic E-state index is 0.353. The first-order valence-electron chi connectivity index (χ1n) is 4.96. The van der Waals surface area contributed by atoms with Crippen LogP contribution in [0.15, 0.2) is 30.5 Å². The number of hydrogen-bond donors (Lipinski definition) is 0. The number of benzene rings is 1. The van der Waals surface area contributed by atoms with E-state index in [1.54, 1.807) is 31.5 Å². The van der Waals surface area contributed by atoms with Gasteiger partial charge < -0.3 is 4.74 Å². The fourth-order valence-electron chi connectivity index (χ4n) is 1.45. The Labute approximate surface area is 109 Å². The zero-order chi connectivity index (χ0) is 12.3. The highest BCUT2D eigenvalue weighted by atomic mass is 35.5. The average Bonchev–Trinajstić information content (AvgIpc) is 2.38. The third kappa shape index (κ3) is 2.68. The Morgan fingerprint density at radius 1 is 1.29 bits per heavy atom. The van der Waals surface area contributed by atoms with Crippen LogP contribution in [0, 0.1) is 0 Å². The Morgan fingerprint density at radius 3 is 2.82 bits per heavy atom. The van der Waals surface area contributed by atoms with E-state index >= 15 is 0 Å². The number of ether oxygens (including phenoxy) is 1. The molecule has 1 aromatic carbocycles. The summed E-state index contributed by atoms with van der Waals surface area (Å²) in [5.74, 6) is 1.58. The van der Waals surface area contributed by atoms with Crippen LogP contribution >= 0.6 is 23.2 Å². The van der Waals surface area contributed by atoms with Crippen molar-refractivity contribution in [3.8, 4) is 17.1 Å². The Balaban J connectivity index is 2.51. The normalized spacial score (nSPS) is 10.3. The quantitative estimate of drug-likeness (QED) is 0.799. The molecule has 0 fully saturated rings. The molecule has 0 unspecified atom stereocenters. The first-order valence-corrected chi connectivity index (χ1v) is 5.87. The topological polar surface area (TPSA) is 35.0 Å². The molecular formula is C12H10Cl2N2O. The lowest BCUT2D eigenvalue weighted by Gasteiger charge is -2.08. The van der Waals surface area contributed by atoms with E-state index in [4.69, 9.17) is 27.9 Å². The van der Waals surface area contributed by atoms with Crippen LogP contribution in [-0.2, 0) is 5.88 Å². The summed E-state index contributed by atoms with van der Waals surface area (Å²) < 4.78 is 5.26. The third-order valence-electron chi connectivity index (χ3n) is 2.25. The first-order chi connectivity index (χ1) is 8.24. The van der Waals surface area contributed by atoms with Crippen molar-refractivity contribution in [2.75, 3.05) is 7.11 Å². The van der Waals surface area contributed by atoms with Gasteiger partial charge in [0.2, 0.25) is 0 Å². The zero-order valence-electron chi connectivity index (χ0n) is 9.15. The summed E-state index contributed by atoms with van der Waals surface area (Å²) in [6.45, 7) is 0. The van der Waals surface area contributed by atoms with Gasteiger partial charge in [-0.3, -0.25) is 0 Å². The largest absolute Gasteiger partial charge is 0.496 e. The lowest BCUT2D eigenvalue weighted by Crippen LogP contribution is -1.95. The molecule has 2 aromatic rings. The molecule has 1 aromatic heterocycles. The van der Waals surface area contributed by atoms with Gasteiger partial charge in [0, 0.05) is 11.2 Å². The number of nitrogens with zero attached hydrogens (tertiary/aromatic N) is 2. The molecule has 0 spiro atoms. The Hall–Kier alpha value is -1.32. The molecule has 0 aliphatic rings. The smallest absolute Gasteiger partial charge is 0.163 e. The molecule has 0 aliphatic heterocycles. The van der Waals surface area contributed by atoms with Crippen LogP contribution in [0.4, 0.5) is 0 Å². The summed E-state index contributed by atoms with van der Waals surface area (Å²) in [5, 5.41) is 0.610. The van der Waals surface area contributed by atoms with Crippen molar-refractivity contribution in [2.24, 2.45) is 0 Å². The van der Waals surface area contributed by atoms with Crippen LogP contribution in [0.3, 0.4) is 0 Å². The minimum Gasteiger partial charge on any atom is -0.496 e. The predicted molar refractivity (Wildman–Crippen MR) is 68.6 cm³/mol. The highest BCUT2D eigenvalue weighted by Gasteiger charge is 2.09. The van der Waals surface area contributed by atoms with Crippen LogP contribution in [0.2, 0.25) is 5.02 Å². The molecule has 0 saturated heterocycles. The van der Waals surface area contributed by atoms with E-state index in [-0.39, 0.29) is 0 Å². The number of rotatable bonds is 3. The fraction of sp³-hybridized carbons (Fsp3) is 0.167. The second kappa shape index (κ2) is 5.34. The second-order valence-electron chi connectivity index (χ2n) is 3.35. The maximum Gasteiger partial charge on any atom is 0.163 e. The van der Waals surface area contributed by atoms with Gasteiger partial charge >= 0.3 is 0 Å². The van der Waals surface area contributed by atoms with Crippen LogP contribution in [-0.4, -0.2) is 17.1 Å². The molecule has 3 nitrogen and oxygen atoms in total.